The van der Waals surface area contributed by atoms with E-state index in [1.54, 1.807) is 6.08 Å². The Morgan fingerprint density at radius 2 is 2.32 bits per heavy atom. The number of hydrogen-bond donors (Lipinski definition) is 1. The van der Waals surface area contributed by atoms with Gasteiger partial charge in [0, 0.05) is 6.08 Å². The Labute approximate surface area is 114 Å². The highest BCUT2D eigenvalue weighted by Gasteiger charge is 2.53. The summed E-state index contributed by atoms with van der Waals surface area (Å²) in [4.78, 5) is 11.5. The first-order valence-electron chi connectivity index (χ1n) is 7.22. The molecule has 3 nitrogen and oxygen atoms in total. The third-order valence-corrected chi connectivity index (χ3v) is 5.48. The lowest BCUT2D eigenvalue weighted by Gasteiger charge is -2.41. The van der Waals surface area contributed by atoms with Crippen molar-refractivity contribution in [2.45, 2.75) is 44.1 Å². The van der Waals surface area contributed by atoms with Crippen LogP contribution in [-0.4, -0.2) is 23.8 Å². The molecule has 3 aliphatic rings. The summed E-state index contributed by atoms with van der Waals surface area (Å²) < 4.78 is 4.74. The number of hydrogen-bond acceptors (Lipinski definition) is 3. The lowest BCUT2D eigenvalue weighted by molar-refractivity contribution is -0.135. The van der Waals surface area contributed by atoms with E-state index < -0.39 is 5.60 Å². The first-order valence-corrected chi connectivity index (χ1v) is 7.22. The molecule has 3 saturated carbocycles. The van der Waals surface area contributed by atoms with Gasteiger partial charge in [-0.2, -0.15) is 0 Å². The average molecular weight is 262 g/mol. The molecule has 19 heavy (non-hydrogen) atoms. The van der Waals surface area contributed by atoms with Gasteiger partial charge in [-0.05, 0) is 56.3 Å². The average Bonchev–Trinajstić information content (AvgIpc) is 2.63. The minimum atomic E-state index is -0.617. The molecule has 0 aromatic carbocycles. The Kier molecular flexibility index (Phi) is 3.05. The van der Waals surface area contributed by atoms with E-state index in [1.165, 1.54) is 12.7 Å². The van der Waals surface area contributed by atoms with E-state index in [1.807, 2.05) is 0 Å². The molecule has 0 unspecified atom stereocenters. The van der Waals surface area contributed by atoms with Crippen LogP contribution in [0.5, 0.6) is 0 Å². The van der Waals surface area contributed by atoms with Crippen LogP contribution in [0.25, 0.3) is 0 Å². The number of carbonyl (C=O) groups excluding carboxylic acids is 1. The molecule has 0 radical (unpaired) electrons. The molecule has 0 aromatic heterocycles. The molecule has 104 valence electrons. The van der Waals surface area contributed by atoms with Gasteiger partial charge >= 0.3 is 5.97 Å². The van der Waals surface area contributed by atoms with Gasteiger partial charge in [-0.25, -0.2) is 4.79 Å². The molecule has 4 atom stereocenters. The molecule has 1 N–H and O–H groups in total. The monoisotopic (exact) mass is 262 g/mol. The number of ether oxygens (including phenoxy) is 1. The fraction of sp³-hybridized carbons (Fsp3) is 0.688. The predicted molar refractivity (Wildman–Crippen MR) is 72.4 cm³/mol. The maximum atomic E-state index is 11.5. The molecule has 0 spiro atoms. The maximum Gasteiger partial charge on any atom is 0.330 e. The molecular weight excluding hydrogens is 240 g/mol. The van der Waals surface area contributed by atoms with Crippen LogP contribution in [0.1, 0.15) is 38.5 Å². The van der Waals surface area contributed by atoms with Crippen LogP contribution in [0.3, 0.4) is 0 Å². The second-order valence-electron chi connectivity index (χ2n) is 6.40. The highest BCUT2D eigenvalue weighted by molar-refractivity contribution is 5.82. The second-order valence-corrected chi connectivity index (χ2v) is 6.40. The van der Waals surface area contributed by atoms with Gasteiger partial charge in [0.1, 0.15) is 0 Å². The molecule has 0 amide bonds. The maximum absolute atomic E-state index is 11.5. The second kappa shape index (κ2) is 4.48. The summed E-state index contributed by atoms with van der Waals surface area (Å²) in [6, 6.07) is 0. The van der Waals surface area contributed by atoms with Crippen LogP contribution >= 0.6 is 0 Å². The lowest BCUT2D eigenvalue weighted by atomic mass is 9.68. The van der Waals surface area contributed by atoms with Crippen molar-refractivity contribution in [3.8, 4) is 0 Å². The first kappa shape index (κ1) is 12.9. The summed E-state index contributed by atoms with van der Waals surface area (Å²) in [6.45, 7) is 4.22. The van der Waals surface area contributed by atoms with Crippen LogP contribution in [0.15, 0.2) is 23.8 Å². The molecule has 0 aliphatic heterocycles. The molecule has 3 heteroatoms. The van der Waals surface area contributed by atoms with Crippen LogP contribution in [0.4, 0.5) is 0 Å². The number of carbonyl (C=O) groups is 1. The van der Waals surface area contributed by atoms with E-state index in [2.05, 4.69) is 6.58 Å². The Morgan fingerprint density at radius 1 is 1.53 bits per heavy atom. The minimum Gasteiger partial charge on any atom is -0.466 e. The van der Waals surface area contributed by atoms with Crippen LogP contribution in [0, 0.1) is 17.8 Å². The van der Waals surface area contributed by atoms with Crippen molar-refractivity contribution in [3.63, 3.8) is 0 Å². The molecule has 0 saturated heterocycles. The van der Waals surface area contributed by atoms with Crippen molar-refractivity contribution in [3.05, 3.63) is 23.8 Å². The topological polar surface area (TPSA) is 46.5 Å². The quantitative estimate of drug-likeness (QED) is 0.449. The summed E-state index contributed by atoms with van der Waals surface area (Å²) in [5.41, 5.74) is 1.78. The zero-order valence-electron chi connectivity index (χ0n) is 11.5. The zero-order valence-corrected chi connectivity index (χ0v) is 11.5. The van der Waals surface area contributed by atoms with Crippen molar-refractivity contribution in [2.24, 2.45) is 17.8 Å². The standard InChI is InChI=1S/C16H22O3/c1-10-3-4-11-7-14-13(10)5-6-16(14,18)9-12(11)8-15(17)19-2/h8,11,13-14,18H,1,3-7,9H2,2H3/b12-8+/t11-,13+,14-,16+/m1/s1. The number of fused-ring (bicyclic) bond motifs is 1. The summed E-state index contributed by atoms with van der Waals surface area (Å²) in [7, 11) is 1.40. The Morgan fingerprint density at radius 3 is 3.05 bits per heavy atom. The summed E-state index contributed by atoms with van der Waals surface area (Å²) >= 11 is 0. The van der Waals surface area contributed by atoms with Gasteiger partial charge in [0.15, 0.2) is 0 Å². The normalized spacial score (nSPS) is 43.2. The highest BCUT2D eigenvalue weighted by Crippen LogP contribution is 2.57. The van der Waals surface area contributed by atoms with Gasteiger partial charge in [-0.3, -0.25) is 0 Å². The fourth-order valence-electron chi connectivity index (χ4n) is 4.44. The molecular formula is C16H22O3. The smallest absolute Gasteiger partial charge is 0.330 e. The minimum absolute atomic E-state index is 0.297. The van der Waals surface area contributed by atoms with Crippen LogP contribution < -0.4 is 0 Å². The Hall–Kier alpha value is -1.09. The van der Waals surface area contributed by atoms with Crippen LogP contribution in [0.2, 0.25) is 0 Å². The Balaban J connectivity index is 1.95. The van der Waals surface area contributed by atoms with Crippen molar-refractivity contribution in [1.29, 1.82) is 0 Å². The third-order valence-electron chi connectivity index (χ3n) is 5.48. The fourth-order valence-corrected chi connectivity index (χ4v) is 4.44. The SMILES string of the molecule is C=C1CC[C@@H]2C[C@@H]3[C@H]1CC[C@]3(O)C/C2=C\C(=O)OC. The molecule has 3 rings (SSSR count). The van der Waals surface area contributed by atoms with Gasteiger partial charge in [-0.15, -0.1) is 0 Å². The number of aliphatic hydroxyl groups is 1. The number of methoxy groups -OCH3 is 1. The van der Waals surface area contributed by atoms with E-state index in [4.69, 9.17) is 4.74 Å². The first-order chi connectivity index (χ1) is 9.03. The van der Waals surface area contributed by atoms with Gasteiger partial charge in [0.05, 0.1) is 12.7 Å². The Bertz CT molecular complexity index is 451. The lowest BCUT2D eigenvalue weighted by Crippen LogP contribution is -2.41. The number of allylic oxidation sites excluding steroid dienone is 1. The summed E-state index contributed by atoms with van der Waals surface area (Å²) in [5.74, 6) is 0.968. The number of esters is 1. The molecule has 3 aliphatic carbocycles. The van der Waals surface area contributed by atoms with E-state index in [-0.39, 0.29) is 5.97 Å². The number of rotatable bonds is 1. The van der Waals surface area contributed by atoms with Crippen molar-refractivity contribution in [1.82, 2.24) is 0 Å². The predicted octanol–water partition coefficient (Wildman–Crippen LogP) is 2.60. The van der Waals surface area contributed by atoms with Gasteiger partial charge < -0.3 is 9.84 Å². The van der Waals surface area contributed by atoms with Gasteiger partial charge in [0.25, 0.3) is 0 Å². The van der Waals surface area contributed by atoms with Crippen LogP contribution in [-0.2, 0) is 9.53 Å². The summed E-state index contributed by atoms with van der Waals surface area (Å²) in [6.07, 6.45) is 7.24. The molecule has 0 aromatic rings. The molecule has 0 heterocycles. The zero-order chi connectivity index (χ0) is 13.6. The molecule has 2 bridgehead atoms. The van der Waals surface area contributed by atoms with Crippen molar-refractivity contribution in [2.75, 3.05) is 7.11 Å². The molecule has 3 fully saturated rings. The van der Waals surface area contributed by atoms with E-state index in [0.29, 0.717) is 24.2 Å². The van der Waals surface area contributed by atoms with Gasteiger partial charge in [-0.1, -0.05) is 17.7 Å². The van der Waals surface area contributed by atoms with E-state index in [9.17, 15) is 9.90 Å². The largest absolute Gasteiger partial charge is 0.466 e. The van der Waals surface area contributed by atoms with Gasteiger partial charge in [0.2, 0.25) is 0 Å². The van der Waals surface area contributed by atoms with Crippen molar-refractivity contribution < 1.29 is 14.6 Å². The van der Waals surface area contributed by atoms with Crippen molar-refractivity contribution >= 4 is 5.97 Å². The third kappa shape index (κ3) is 2.04. The summed E-state index contributed by atoms with van der Waals surface area (Å²) in [5, 5.41) is 10.9. The highest BCUT2D eigenvalue weighted by atomic mass is 16.5. The van der Waals surface area contributed by atoms with E-state index >= 15 is 0 Å². The van der Waals surface area contributed by atoms with E-state index in [0.717, 1.165) is 37.7 Å².